The SMILES string of the molecule is CC(=O)C(N=Nc1ccc(C)cc1S(=O)(=O)O)C(=O)Nc1ccccc1CO. The normalized spacial score (nSPS) is 12.7. The molecule has 0 bridgehead atoms. The van der Waals surface area contributed by atoms with E-state index in [0.29, 0.717) is 16.8 Å². The molecule has 0 saturated heterocycles. The van der Waals surface area contributed by atoms with Gasteiger partial charge in [-0.15, -0.1) is 0 Å². The summed E-state index contributed by atoms with van der Waals surface area (Å²) in [4.78, 5) is 23.8. The maximum atomic E-state index is 12.4. The Labute approximate surface area is 161 Å². The van der Waals surface area contributed by atoms with Crippen molar-refractivity contribution in [1.29, 1.82) is 0 Å². The van der Waals surface area contributed by atoms with E-state index in [9.17, 15) is 27.7 Å². The van der Waals surface area contributed by atoms with E-state index in [-0.39, 0.29) is 12.3 Å². The second-order valence-electron chi connectivity index (χ2n) is 5.98. The van der Waals surface area contributed by atoms with Gasteiger partial charge in [-0.1, -0.05) is 24.3 Å². The van der Waals surface area contributed by atoms with Crippen LogP contribution in [0.15, 0.2) is 57.6 Å². The number of hydrogen-bond donors (Lipinski definition) is 3. The van der Waals surface area contributed by atoms with Crippen molar-refractivity contribution >= 4 is 33.2 Å². The number of ketones is 1. The third-order valence-corrected chi connectivity index (χ3v) is 4.64. The Bertz CT molecular complexity index is 1030. The maximum absolute atomic E-state index is 12.4. The maximum Gasteiger partial charge on any atom is 0.296 e. The molecule has 0 spiro atoms. The molecule has 2 rings (SSSR count). The van der Waals surface area contributed by atoms with Crippen LogP contribution in [0.4, 0.5) is 11.4 Å². The van der Waals surface area contributed by atoms with E-state index in [2.05, 4.69) is 15.5 Å². The number of hydrogen-bond acceptors (Lipinski definition) is 7. The van der Waals surface area contributed by atoms with Gasteiger partial charge in [0, 0.05) is 11.3 Å². The van der Waals surface area contributed by atoms with Gasteiger partial charge in [0.05, 0.1) is 6.61 Å². The molecule has 0 aliphatic carbocycles. The molecule has 1 atom stereocenters. The van der Waals surface area contributed by atoms with Crippen LogP contribution < -0.4 is 5.32 Å². The Morgan fingerprint density at radius 2 is 1.86 bits per heavy atom. The lowest BCUT2D eigenvalue weighted by atomic mass is 10.1. The summed E-state index contributed by atoms with van der Waals surface area (Å²) in [7, 11) is -4.57. The Hall–Kier alpha value is -2.95. The summed E-state index contributed by atoms with van der Waals surface area (Å²) in [6.45, 7) is 2.45. The fourth-order valence-corrected chi connectivity index (χ4v) is 3.04. The quantitative estimate of drug-likeness (QED) is 0.366. The highest BCUT2D eigenvalue weighted by atomic mass is 32.2. The van der Waals surface area contributed by atoms with E-state index in [1.807, 2.05) is 0 Å². The van der Waals surface area contributed by atoms with Crippen LogP contribution in [-0.2, 0) is 26.3 Å². The Kier molecular flexibility index (Phi) is 6.73. The summed E-state index contributed by atoms with van der Waals surface area (Å²) in [6.07, 6.45) is 0. The van der Waals surface area contributed by atoms with Gasteiger partial charge in [-0.25, -0.2) is 0 Å². The molecule has 2 aromatic rings. The smallest absolute Gasteiger partial charge is 0.296 e. The molecule has 0 heterocycles. The zero-order valence-electron chi connectivity index (χ0n) is 15.2. The first-order valence-electron chi connectivity index (χ1n) is 8.12. The van der Waals surface area contributed by atoms with Gasteiger partial charge in [0.2, 0.25) is 6.04 Å². The summed E-state index contributed by atoms with van der Waals surface area (Å²) >= 11 is 0. The van der Waals surface area contributed by atoms with Crippen LogP contribution in [0.5, 0.6) is 0 Å². The molecule has 0 aliphatic heterocycles. The van der Waals surface area contributed by atoms with Crippen LogP contribution in [0.3, 0.4) is 0 Å². The Morgan fingerprint density at radius 1 is 1.18 bits per heavy atom. The van der Waals surface area contributed by atoms with Crippen LogP contribution in [-0.4, -0.2) is 35.8 Å². The minimum atomic E-state index is -4.57. The van der Waals surface area contributed by atoms with Gasteiger partial charge in [-0.05, 0) is 37.6 Å². The van der Waals surface area contributed by atoms with Crippen molar-refractivity contribution in [3.8, 4) is 0 Å². The van der Waals surface area contributed by atoms with E-state index in [1.54, 1.807) is 37.3 Å². The number of para-hydroxylation sites is 1. The molecule has 28 heavy (non-hydrogen) atoms. The summed E-state index contributed by atoms with van der Waals surface area (Å²) in [5.74, 6) is -1.42. The second-order valence-corrected chi connectivity index (χ2v) is 7.37. The topological polar surface area (TPSA) is 145 Å². The molecule has 148 valence electrons. The average Bonchev–Trinajstić information content (AvgIpc) is 2.62. The minimum Gasteiger partial charge on any atom is -0.392 e. The molecular formula is C18H19N3O6S. The first-order chi connectivity index (χ1) is 13.1. The molecule has 0 aliphatic rings. The number of aliphatic hydroxyl groups is 1. The van der Waals surface area contributed by atoms with Crippen LogP contribution in [0, 0.1) is 6.92 Å². The van der Waals surface area contributed by atoms with Crippen LogP contribution in [0.1, 0.15) is 18.1 Å². The van der Waals surface area contributed by atoms with Gasteiger partial charge >= 0.3 is 0 Å². The number of carbonyl (C=O) groups excluding carboxylic acids is 2. The molecule has 0 radical (unpaired) electrons. The Morgan fingerprint density at radius 3 is 2.46 bits per heavy atom. The number of Topliss-reactive ketones (excluding diaryl/α,β-unsaturated/α-hetero) is 1. The second kappa shape index (κ2) is 8.83. The highest BCUT2D eigenvalue weighted by molar-refractivity contribution is 7.86. The predicted octanol–water partition coefficient (Wildman–Crippen LogP) is 2.41. The van der Waals surface area contributed by atoms with Gasteiger partial charge in [0.15, 0.2) is 5.78 Å². The number of amides is 1. The molecule has 0 saturated carbocycles. The van der Waals surface area contributed by atoms with Gasteiger partial charge < -0.3 is 10.4 Å². The predicted molar refractivity (Wildman–Crippen MR) is 101 cm³/mol. The van der Waals surface area contributed by atoms with Gasteiger partial charge in [-0.2, -0.15) is 18.6 Å². The number of aryl methyl sites for hydroxylation is 1. The monoisotopic (exact) mass is 405 g/mol. The van der Waals surface area contributed by atoms with Gasteiger partial charge in [-0.3, -0.25) is 14.1 Å². The van der Waals surface area contributed by atoms with Crippen molar-refractivity contribution in [1.82, 2.24) is 0 Å². The van der Waals surface area contributed by atoms with Crippen molar-refractivity contribution in [3.63, 3.8) is 0 Å². The molecule has 9 nitrogen and oxygen atoms in total. The molecule has 2 aromatic carbocycles. The van der Waals surface area contributed by atoms with Crippen molar-refractivity contribution in [2.24, 2.45) is 10.2 Å². The number of nitrogens with one attached hydrogen (secondary N) is 1. The largest absolute Gasteiger partial charge is 0.392 e. The third kappa shape index (κ3) is 5.28. The fraction of sp³-hybridized carbons (Fsp3) is 0.222. The van der Waals surface area contributed by atoms with Crippen molar-refractivity contribution in [3.05, 3.63) is 53.6 Å². The lowest BCUT2D eigenvalue weighted by molar-refractivity contribution is -0.126. The van der Waals surface area contributed by atoms with Crippen LogP contribution in [0.25, 0.3) is 0 Å². The number of carbonyl (C=O) groups is 2. The minimum absolute atomic E-state index is 0.206. The third-order valence-electron chi connectivity index (χ3n) is 3.75. The zero-order valence-corrected chi connectivity index (χ0v) is 16.0. The molecule has 3 N–H and O–H groups in total. The molecule has 1 unspecified atom stereocenters. The highest BCUT2D eigenvalue weighted by Gasteiger charge is 2.24. The zero-order chi connectivity index (χ0) is 20.9. The summed E-state index contributed by atoms with van der Waals surface area (Å²) in [6, 6.07) is 8.98. The average molecular weight is 405 g/mol. The van der Waals surface area contributed by atoms with Crippen molar-refractivity contribution < 1.29 is 27.7 Å². The molecular weight excluding hydrogens is 386 g/mol. The highest BCUT2D eigenvalue weighted by Crippen LogP contribution is 2.26. The number of benzene rings is 2. The summed E-state index contributed by atoms with van der Waals surface area (Å²) in [5.41, 5.74) is 1.11. The van der Waals surface area contributed by atoms with E-state index < -0.39 is 32.7 Å². The van der Waals surface area contributed by atoms with Gasteiger partial charge in [0.1, 0.15) is 10.6 Å². The van der Waals surface area contributed by atoms with Crippen LogP contribution in [0.2, 0.25) is 0 Å². The lowest BCUT2D eigenvalue weighted by Gasteiger charge is -2.12. The molecule has 1 amide bonds. The van der Waals surface area contributed by atoms with Gasteiger partial charge in [0.25, 0.3) is 16.0 Å². The summed E-state index contributed by atoms with van der Waals surface area (Å²) < 4.78 is 32.4. The van der Waals surface area contributed by atoms with Crippen molar-refractivity contribution in [2.75, 3.05) is 5.32 Å². The van der Waals surface area contributed by atoms with Crippen LogP contribution >= 0.6 is 0 Å². The fourth-order valence-electron chi connectivity index (χ4n) is 2.33. The van der Waals surface area contributed by atoms with E-state index >= 15 is 0 Å². The number of aliphatic hydroxyl groups excluding tert-OH is 1. The van der Waals surface area contributed by atoms with E-state index in [0.717, 1.165) is 6.92 Å². The van der Waals surface area contributed by atoms with E-state index in [1.165, 1.54) is 12.1 Å². The number of rotatable bonds is 7. The lowest BCUT2D eigenvalue weighted by Crippen LogP contribution is -2.32. The first-order valence-corrected chi connectivity index (χ1v) is 9.56. The number of anilines is 1. The molecule has 0 aromatic heterocycles. The molecule has 0 fully saturated rings. The van der Waals surface area contributed by atoms with Crippen molar-refractivity contribution in [2.45, 2.75) is 31.4 Å². The summed E-state index contributed by atoms with van der Waals surface area (Å²) in [5, 5.41) is 19.2. The van der Waals surface area contributed by atoms with E-state index in [4.69, 9.17) is 0 Å². The number of nitrogens with zero attached hydrogens (tertiary/aromatic N) is 2. The first kappa shape index (κ1) is 21.4. The number of azo groups is 1. The molecule has 10 heteroatoms. The Balaban J connectivity index is 2.33. The standard InChI is InChI=1S/C18H19N3O6S/c1-11-7-8-15(16(9-11)28(25,26)27)20-21-17(12(2)23)18(24)19-14-6-4-3-5-13(14)10-22/h3-9,17,22H,10H2,1-2H3,(H,19,24)(H,25,26,27).